The van der Waals surface area contributed by atoms with E-state index in [0.29, 0.717) is 23.1 Å². The maximum atomic E-state index is 13.6. The average molecular weight is 509 g/mol. The lowest BCUT2D eigenvalue weighted by Gasteiger charge is -2.32. The van der Waals surface area contributed by atoms with E-state index in [0.717, 1.165) is 44.6 Å². The van der Waals surface area contributed by atoms with Crippen molar-refractivity contribution < 1.29 is 23.4 Å². The minimum atomic E-state index is -0.678. The fourth-order valence-corrected chi connectivity index (χ4v) is 4.51. The van der Waals surface area contributed by atoms with Crippen LogP contribution in [0.1, 0.15) is 35.8 Å². The number of methoxy groups -OCH3 is 3. The normalized spacial score (nSPS) is 15.1. The number of piperidine rings is 1. The highest BCUT2D eigenvalue weighted by atomic mass is 19.1. The fraction of sp³-hybridized carbons (Fsp3) is 0.393. The third kappa shape index (κ3) is 6.95. The molecule has 0 aliphatic carbocycles. The molecule has 1 aliphatic rings. The van der Waals surface area contributed by atoms with Crippen molar-refractivity contribution in [1.29, 1.82) is 0 Å². The summed E-state index contributed by atoms with van der Waals surface area (Å²) < 4.78 is 29.5. The Morgan fingerprint density at radius 1 is 1.00 bits per heavy atom. The smallest absolute Gasteiger partial charge is 0.224 e. The van der Waals surface area contributed by atoms with E-state index in [9.17, 15) is 9.18 Å². The van der Waals surface area contributed by atoms with Crippen LogP contribution >= 0.6 is 0 Å². The molecular weight excluding hydrogens is 475 g/mol. The van der Waals surface area contributed by atoms with Gasteiger partial charge in [-0.15, -0.1) is 0 Å². The van der Waals surface area contributed by atoms with Gasteiger partial charge in [0.2, 0.25) is 17.7 Å². The third-order valence-corrected chi connectivity index (χ3v) is 6.67. The molecule has 196 valence electrons. The number of hydrogen-bond donors (Lipinski definition) is 1. The molecule has 0 spiro atoms. The molecule has 0 radical (unpaired) electrons. The molecule has 1 atom stereocenters. The number of rotatable bonds is 10. The molecule has 0 bridgehead atoms. The molecule has 9 heteroatoms. The summed E-state index contributed by atoms with van der Waals surface area (Å²) in [6.45, 7) is 2.61. The van der Waals surface area contributed by atoms with Crippen LogP contribution in [-0.4, -0.2) is 61.7 Å². The molecule has 37 heavy (non-hydrogen) atoms. The van der Waals surface area contributed by atoms with E-state index in [1.807, 2.05) is 12.1 Å². The zero-order chi connectivity index (χ0) is 26.2. The van der Waals surface area contributed by atoms with Gasteiger partial charge in [-0.25, -0.2) is 4.39 Å². The second kappa shape index (κ2) is 12.5. The molecule has 1 N–H and O–H groups in total. The number of ether oxygens (including phenoxy) is 3. The van der Waals surface area contributed by atoms with E-state index >= 15 is 0 Å². The number of carbonyl (C=O) groups is 1. The Morgan fingerprint density at radius 3 is 2.30 bits per heavy atom. The number of likely N-dealkylation sites (tertiary alicyclic amines) is 1. The largest absolute Gasteiger partial charge is 0.497 e. The van der Waals surface area contributed by atoms with E-state index in [2.05, 4.69) is 32.3 Å². The first-order chi connectivity index (χ1) is 18.0. The number of benzene rings is 2. The molecule has 1 fully saturated rings. The predicted molar refractivity (Wildman–Crippen MR) is 137 cm³/mol. The summed E-state index contributed by atoms with van der Waals surface area (Å²) >= 11 is 0. The van der Waals surface area contributed by atoms with Crippen molar-refractivity contribution in [2.75, 3.05) is 41.0 Å². The number of nitrogens with zero attached hydrogens (tertiary/aromatic N) is 3. The van der Waals surface area contributed by atoms with Crippen LogP contribution in [0.4, 0.5) is 4.39 Å². The molecule has 1 unspecified atom stereocenters. The minimum Gasteiger partial charge on any atom is -0.497 e. The number of hydrogen-bond acceptors (Lipinski definition) is 7. The van der Waals surface area contributed by atoms with Gasteiger partial charge < -0.3 is 24.4 Å². The van der Waals surface area contributed by atoms with Crippen molar-refractivity contribution in [3.05, 3.63) is 77.4 Å². The lowest BCUT2D eigenvalue weighted by Crippen LogP contribution is -2.42. The van der Waals surface area contributed by atoms with Crippen molar-refractivity contribution in [3.8, 4) is 17.5 Å². The highest BCUT2D eigenvalue weighted by Gasteiger charge is 2.29. The zero-order valence-electron chi connectivity index (χ0n) is 21.4. The summed E-state index contributed by atoms with van der Waals surface area (Å²) in [4.78, 5) is 24.6. The van der Waals surface area contributed by atoms with Crippen LogP contribution in [0, 0.1) is 11.7 Å². The Labute approximate surface area is 216 Å². The van der Waals surface area contributed by atoms with Crippen molar-refractivity contribution in [3.63, 3.8) is 0 Å². The molecule has 1 aromatic heterocycles. The quantitative estimate of drug-likeness (QED) is 0.446. The van der Waals surface area contributed by atoms with E-state index in [-0.39, 0.29) is 17.6 Å². The molecule has 1 saturated heterocycles. The lowest BCUT2D eigenvalue weighted by molar-refractivity contribution is -0.127. The molecule has 0 saturated carbocycles. The molecule has 2 heterocycles. The highest BCUT2D eigenvalue weighted by Crippen LogP contribution is 2.26. The Bertz CT molecular complexity index is 1160. The van der Waals surface area contributed by atoms with Gasteiger partial charge in [0.25, 0.3) is 0 Å². The number of nitrogens with one attached hydrogen (secondary N) is 1. The van der Waals surface area contributed by atoms with Gasteiger partial charge in [-0.05, 0) is 67.7 Å². The zero-order valence-corrected chi connectivity index (χ0v) is 21.4. The van der Waals surface area contributed by atoms with Crippen molar-refractivity contribution in [2.45, 2.75) is 25.3 Å². The number of amides is 1. The SMILES string of the molecule is COc1cccc(CCN2CCC(C(=O)NC(c3ccc(F)cc3)c3nc(OC)cc(OC)n3)CC2)c1. The third-order valence-electron chi connectivity index (χ3n) is 6.67. The topological polar surface area (TPSA) is 85.8 Å². The van der Waals surface area contributed by atoms with Crippen LogP contribution in [0.25, 0.3) is 0 Å². The van der Waals surface area contributed by atoms with Crippen LogP contribution < -0.4 is 19.5 Å². The van der Waals surface area contributed by atoms with Gasteiger partial charge in [-0.2, -0.15) is 9.97 Å². The molecule has 2 aromatic carbocycles. The summed E-state index contributed by atoms with van der Waals surface area (Å²) in [5.41, 5.74) is 1.90. The maximum Gasteiger partial charge on any atom is 0.224 e. The van der Waals surface area contributed by atoms with E-state index in [1.165, 1.54) is 31.9 Å². The monoisotopic (exact) mass is 508 g/mol. The highest BCUT2D eigenvalue weighted by molar-refractivity contribution is 5.79. The first kappa shape index (κ1) is 26.3. The van der Waals surface area contributed by atoms with Crippen molar-refractivity contribution >= 4 is 5.91 Å². The maximum absolute atomic E-state index is 13.6. The first-order valence-electron chi connectivity index (χ1n) is 12.4. The van der Waals surface area contributed by atoms with Gasteiger partial charge in [-0.1, -0.05) is 24.3 Å². The number of carbonyl (C=O) groups excluding carboxylic acids is 1. The molecule has 1 aliphatic heterocycles. The Balaban J connectivity index is 1.41. The minimum absolute atomic E-state index is 0.0767. The lowest BCUT2D eigenvalue weighted by atomic mass is 9.94. The molecule has 1 amide bonds. The summed E-state index contributed by atoms with van der Waals surface area (Å²) in [5.74, 6) is 1.23. The number of aromatic nitrogens is 2. The van der Waals surface area contributed by atoms with Crippen LogP contribution in [0.5, 0.6) is 17.5 Å². The van der Waals surface area contributed by atoms with Gasteiger partial charge in [-0.3, -0.25) is 4.79 Å². The summed E-state index contributed by atoms with van der Waals surface area (Å²) in [6, 6.07) is 15.0. The van der Waals surface area contributed by atoms with Gasteiger partial charge in [0, 0.05) is 12.5 Å². The van der Waals surface area contributed by atoms with Crippen LogP contribution in [-0.2, 0) is 11.2 Å². The molecular formula is C28H33FN4O4. The Hall–Kier alpha value is -3.72. The molecule has 3 aromatic rings. The first-order valence-corrected chi connectivity index (χ1v) is 12.4. The van der Waals surface area contributed by atoms with Gasteiger partial charge in [0.15, 0.2) is 5.82 Å². The standard InChI is InChI=1S/C28H33FN4O4/c1-35-23-6-4-5-19(17-23)11-14-33-15-12-21(13-16-33)28(34)32-26(20-7-9-22(29)10-8-20)27-30-24(36-2)18-25(31-27)37-3/h4-10,17-18,21,26H,11-16H2,1-3H3,(H,32,34). The summed E-state index contributed by atoms with van der Waals surface area (Å²) in [5, 5.41) is 3.10. The predicted octanol–water partition coefficient (Wildman–Crippen LogP) is 3.80. The van der Waals surface area contributed by atoms with Gasteiger partial charge >= 0.3 is 0 Å². The molecule has 4 rings (SSSR count). The van der Waals surface area contributed by atoms with E-state index in [4.69, 9.17) is 14.2 Å². The second-order valence-electron chi connectivity index (χ2n) is 9.02. The van der Waals surface area contributed by atoms with Crippen molar-refractivity contribution in [1.82, 2.24) is 20.2 Å². The Kier molecular flexibility index (Phi) is 8.90. The van der Waals surface area contributed by atoms with Crippen LogP contribution in [0.15, 0.2) is 54.6 Å². The van der Waals surface area contributed by atoms with Crippen molar-refractivity contribution in [2.24, 2.45) is 5.92 Å². The second-order valence-corrected chi connectivity index (χ2v) is 9.02. The average Bonchev–Trinajstić information content (AvgIpc) is 2.95. The Morgan fingerprint density at radius 2 is 1.68 bits per heavy atom. The van der Waals surface area contributed by atoms with Crippen LogP contribution in [0.2, 0.25) is 0 Å². The molecule has 8 nitrogen and oxygen atoms in total. The summed E-state index contributed by atoms with van der Waals surface area (Å²) in [7, 11) is 4.67. The van der Waals surface area contributed by atoms with Gasteiger partial charge in [0.05, 0.1) is 27.4 Å². The number of halogens is 1. The van der Waals surface area contributed by atoms with E-state index in [1.54, 1.807) is 25.3 Å². The van der Waals surface area contributed by atoms with Gasteiger partial charge in [0.1, 0.15) is 17.6 Å². The fourth-order valence-electron chi connectivity index (χ4n) is 4.51. The van der Waals surface area contributed by atoms with E-state index < -0.39 is 6.04 Å². The summed E-state index contributed by atoms with van der Waals surface area (Å²) in [6.07, 6.45) is 2.43. The van der Waals surface area contributed by atoms with Crippen LogP contribution in [0.3, 0.4) is 0 Å².